The molecule has 9 nitrogen and oxygen atoms in total. The predicted molar refractivity (Wildman–Crippen MR) is 109 cm³/mol. The van der Waals surface area contributed by atoms with Crippen LogP contribution in [0.15, 0.2) is 55.0 Å². The maximum atomic E-state index is 12.6. The zero-order valence-corrected chi connectivity index (χ0v) is 16.1. The summed E-state index contributed by atoms with van der Waals surface area (Å²) in [7, 11) is 1.65. The van der Waals surface area contributed by atoms with E-state index >= 15 is 0 Å². The summed E-state index contributed by atoms with van der Waals surface area (Å²) < 4.78 is 1.58. The number of hydrogen-bond donors (Lipinski definition) is 3. The van der Waals surface area contributed by atoms with E-state index in [1.165, 1.54) is 4.90 Å². The molecular formula is C20H23N7O2. The van der Waals surface area contributed by atoms with Gasteiger partial charge in [0.25, 0.3) is 0 Å². The number of aliphatic hydroxyl groups is 1. The molecule has 2 aromatic heterocycles. The molecule has 0 aliphatic heterocycles. The van der Waals surface area contributed by atoms with Crippen molar-refractivity contribution in [3.05, 3.63) is 60.6 Å². The summed E-state index contributed by atoms with van der Waals surface area (Å²) in [5, 5.41) is 20.1. The van der Waals surface area contributed by atoms with Gasteiger partial charge in [0.1, 0.15) is 0 Å². The quantitative estimate of drug-likeness (QED) is 0.569. The molecule has 150 valence electrons. The summed E-state index contributed by atoms with van der Waals surface area (Å²) in [4.78, 5) is 22.8. The number of nitrogens with zero attached hydrogens (tertiary/aromatic N) is 5. The van der Waals surface area contributed by atoms with Gasteiger partial charge in [-0.05, 0) is 18.4 Å². The summed E-state index contributed by atoms with van der Waals surface area (Å²) in [5.41, 5.74) is 1.39. The maximum absolute atomic E-state index is 12.6. The third kappa shape index (κ3) is 4.52. The molecule has 1 fully saturated rings. The first-order chi connectivity index (χ1) is 14.1. The lowest BCUT2D eigenvalue weighted by Crippen LogP contribution is -2.36. The minimum absolute atomic E-state index is 0.176. The molecule has 29 heavy (non-hydrogen) atoms. The summed E-state index contributed by atoms with van der Waals surface area (Å²) in [5.74, 6) is 1.17. The Hall–Kier alpha value is -3.46. The molecule has 1 saturated carbocycles. The van der Waals surface area contributed by atoms with Gasteiger partial charge in [0.15, 0.2) is 5.82 Å². The number of amides is 2. The van der Waals surface area contributed by atoms with Crippen LogP contribution >= 0.6 is 0 Å². The first-order valence-corrected chi connectivity index (χ1v) is 9.48. The zero-order chi connectivity index (χ0) is 20.2. The summed E-state index contributed by atoms with van der Waals surface area (Å²) >= 11 is 0. The second-order valence-corrected chi connectivity index (χ2v) is 6.98. The molecule has 1 aromatic carbocycles. The Kier molecular flexibility index (Phi) is 5.39. The second kappa shape index (κ2) is 8.27. The number of aromatic nitrogens is 4. The van der Waals surface area contributed by atoms with Crippen molar-refractivity contribution in [1.29, 1.82) is 0 Å². The van der Waals surface area contributed by atoms with E-state index in [0.29, 0.717) is 23.5 Å². The molecule has 4 rings (SSSR count). The lowest BCUT2D eigenvalue weighted by atomic mass is 10.1. The molecule has 1 unspecified atom stereocenters. The molecule has 3 aromatic rings. The minimum atomic E-state index is -0.441. The third-order valence-electron chi connectivity index (χ3n) is 4.77. The number of urea groups is 1. The highest BCUT2D eigenvalue weighted by molar-refractivity contribution is 5.89. The van der Waals surface area contributed by atoms with E-state index in [9.17, 15) is 9.90 Å². The van der Waals surface area contributed by atoms with E-state index in [2.05, 4.69) is 25.7 Å². The van der Waals surface area contributed by atoms with Gasteiger partial charge < -0.3 is 20.6 Å². The number of carbonyl (C=O) groups excluding carboxylic acids is 1. The first kappa shape index (κ1) is 18.9. The van der Waals surface area contributed by atoms with E-state index in [0.717, 1.165) is 18.4 Å². The molecule has 1 aliphatic carbocycles. The van der Waals surface area contributed by atoms with Gasteiger partial charge in [-0.1, -0.05) is 30.3 Å². The van der Waals surface area contributed by atoms with Crippen molar-refractivity contribution in [1.82, 2.24) is 24.6 Å². The van der Waals surface area contributed by atoms with Crippen LogP contribution in [0.1, 0.15) is 24.4 Å². The Bertz CT molecular complexity index is 972. The van der Waals surface area contributed by atoms with Crippen molar-refractivity contribution in [2.24, 2.45) is 0 Å². The molecule has 0 radical (unpaired) electrons. The molecule has 0 bridgehead atoms. The molecule has 0 saturated heterocycles. The highest BCUT2D eigenvalue weighted by Gasteiger charge is 2.23. The van der Waals surface area contributed by atoms with E-state index in [4.69, 9.17) is 0 Å². The van der Waals surface area contributed by atoms with Crippen LogP contribution in [0.4, 0.5) is 16.4 Å². The van der Waals surface area contributed by atoms with Gasteiger partial charge in [-0.2, -0.15) is 10.1 Å². The highest BCUT2D eigenvalue weighted by atomic mass is 16.3. The fraction of sp³-hybridized carbons (Fsp3) is 0.300. The van der Waals surface area contributed by atoms with Crippen LogP contribution < -0.4 is 10.6 Å². The highest BCUT2D eigenvalue weighted by Crippen LogP contribution is 2.23. The van der Waals surface area contributed by atoms with Gasteiger partial charge in [-0.3, -0.25) is 0 Å². The molecule has 2 heterocycles. The second-order valence-electron chi connectivity index (χ2n) is 6.98. The van der Waals surface area contributed by atoms with Crippen molar-refractivity contribution in [2.45, 2.75) is 24.9 Å². The van der Waals surface area contributed by atoms with Gasteiger partial charge in [0, 0.05) is 25.4 Å². The molecule has 2 amide bonds. The largest absolute Gasteiger partial charge is 0.394 e. The van der Waals surface area contributed by atoms with Gasteiger partial charge in [0.05, 0.1) is 30.7 Å². The average molecular weight is 393 g/mol. The van der Waals surface area contributed by atoms with Crippen LogP contribution in [-0.2, 0) is 0 Å². The number of nitrogens with one attached hydrogen (secondary N) is 2. The van der Waals surface area contributed by atoms with Gasteiger partial charge in [-0.25, -0.2) is 14.5 Å². The Morgan fingerprint density at radius 1 is 1.31 bits per heavy atom. The summed E-state index contributed by atoms with van der Waals surface area (Å²) in [6, 6.07) is 10.8. The Balaban J connectivity index is 1.43. The van der Waals surface area contributed by atoms with Gasteiger partial charge in [-0.15, -0.1) is 0 Å². The minimum Gasteiger partial charge on any atom is -0.394 e. The van der Waals surface area contributed by atoms with Crippen LogP contribution in [0, 0.1) is 0 Å². The number of carbonyl (C=O) groups is 1. The lowest BCUT2D eigenvalue weighted by Gasteiger charge is -2.27. The topological polar surface area (TPSA) is 108 Å². The monoisotopic (exact) mass is 393 g/mol. The van der Waals surface area contributed by atoms with Gasteiger partial charge in [0.2, 0.25) is 5.95 Å². The number of aliphatic hydroxyl groups excluding tert-OH is 1. The fourth-order valence-corrected chi connectivity index (χ4v) is 2.95. The zero-order valence-electron chi connectivity index (χ0n) is 16.1. The van der Waals surface area contributed by atoms with Crippen LogP contribution in [0.5, 0.6) is 0 Å². The molecule has 9 heteroatoms. The van der Waals surface area contributed by atoms with Crippen molar-refractivity contribution in [2.75, 3.05) is 24.3 Å². The van der Waals surface area contributed by atoms with Gasteiger partial charge >= 0.3 is 6.03 Å². The third-order valence-corrected chi connectivity index (χ3v) is 4.77. The molecule has 0 spiro atoms. The van der Waals surface area contributed by atoms with E-state index in [1.807, 2.05) is 30.3 Å². The van der Waals surface area contributed by atoms with E-state index < -0.39 is 6.04 Å². The predicted octanol–water partition coefficient (Wildman–Crippen LogP) is 2.43. The first-order valence-electron chi connectivity index (χ1n) is 9.48. The molecule has 1 aliphatic rings. The summed E-state index contributed by atoms with van der Waals surface area (Å²) in [6.07, 6.45) is 7.18. The van der Waals surface area contributed by atoms with E-state index in [-0.39, 0.29) is 12.6 Å². The van der Waals surface area contributed by atoms with Crippen molar-refractivity contribution in [3.8, 4) is 5.82 Å². The number of rotatable bonds is 7. The summed E-state index contributed by atoms with van der Waals surface area (Å²) in [6.45, 7) is -0.176. The fourth-order valence-electron chi connectivity index (χ4n) is 2.95. The molecule has 3 N–H and O–H groups in total. The Morgan fingerprint density at radius 2 is 2.10 bits per heavy atom. The lowest BCUT2D eigenvalue weighted by molar-refractivity contribution is 0.159. The maximum Gasteiger partial charge on any atom is 0.322 e. The number of benzene rings is 1. The average Bonchev–Trinajstić information content (AvgIpc) is 3.44. The van der Waals surface area contributed by atoms with Crippen LogP contribution in [0.2, 0.25) is 0 Å². The standard InChI is InChI=1S/C20H23N7O2/c1-26(17(13-28)14-5-3-2-4-6-14)20(29)24-16-11-22-27(12-16)18-9-10-21-19(25-18)23-15-7-8-15/h2-6,9-12,15,17,28H,7-8,13H2,1H3,(H,24,29)(H,21,23,25). The van der Waals surface area contributed by atoms with Crippen LogP contribution in [-0.4, -0.2) is 55.5 Å². The van der Waals surface area contributed by atoms with Crippen LogP contribution in [0.3, 0.4) is 0 Å². The molecule has 1 atom stereocenters. The SMILES string of the molecule is CN(C(=O)Nc1cnn(-c2ccnc(NC3CC3)n2)c1)C(CO)c1ccccc1. The van der Waals surface area contributed by atoms with E-state index in [1.54, 1.807) is 36.4 Å². The van der Waals surface area contributed by atoms with Crippen LogP contribution in [0.25, 0.3) is 5.82 Å². The molecular weight excluding hydrogens is 370 g/mol. The van der Waals surface area contributed by atoms with Crippen molar-refractivity contribution in [3.63, 3.8) is 0 Å². The number of anilines is 2. The normalized spacial score (nSPS) is 14.3. The Labute approximate surface area is 168 Å². The number of likely N-dealkylation sites (N-methyl/N-ethyl adjacent to an activating group) is 1. The van der Waals surface area contributed by atoms with Crippen molar-refractivity contribution < 1.29 is 9.90 Å². The van der Waals surface area contributed by atoms with Crippen molar-refractivity contribution >= 4 is 17.7 Å². The number of hydrogen-bond acceptors (Lipinski definition) is 6. The smallest absolute Gasteiger partial charge is 0.322 e. The Morgan fingerprint density at radius 3 is 2.83 bits per heavy atom.